The highest BCUT2D eigenvalue weighted by atomic mass is 35.5. The molecule has 0 aliphatic carbocycles. The van der Waals surface area contributed by atoms with E-state index in [4.69, 9.17) is 17.3 Å². The molecule has 1 aliphatic rings. The van der Waals surface area contributed by atoms with Crippen molar-refractivity contribution in [1.29, 1.82) is 0 Å². The van der Waals surface area contributed by atoms with Crippen molar-refractivity contribution in [3.8, 4) is 0 Å². The lowest BCUT2D eigenvalue weighted by atomic mass is 10.3. The molecule has 7 heteroatoms. The van der Waals surface area contributed by atoms with E-state index in [0.717, 1.165) is 0 Å². The van der Waals surface area contributed by atoms with Gasteiger partial charge in [-0.1, -0.05) is 11.6 Å². The predicted octanol–water partition coefficient (Wildman–Crippen LogP) is 1.14. The summed E-state index contributed by atoms with van der Waals surface area (Å²) in [6.07, 6.45) is 3.75. The predicted molar refractivity (Wildman–Crippen MR) is 65.0 cm³/mol. The largest absolute Gasteiger partial charge is 0.306 e. The molecule has 2 aromatic heterocycles. The third-order valence-corrected chi connectivity index (χ3v) is 2.89. The van der Waals surface area contributed by atoms with E-state index in [0.29, 0.717) is 16.5 Å². The minimum atomic E-state index is -0.671. The second-order valence-electron chi connectivity index (χ2n) is 3.74. The first-order valence-corrected chi connectivity index (χ1v) is 5.58. The molecule has 1 unspecified atom stereocenters. The minimum absolute atomic E-state index is 0.266. The highest BCUT2D eigenvalue weighted by Gasteiger charge is 2.38. The summed E-state index contributed by atoms with van der Waals surface area (Å²) >= 11 is 5.76. The highest BCUT2D eigenvalue weighted by molar-refractivity contribution is 6.30. The molecule has 2 N–H and O–H groups in total. The third kappa shape index (κ3) is 1.54. The zero-order chi connectivity index (χ0) is 12.7. The van der Waals surface area contributed by atoms with Gasteiger partial charge in [0.25, 0.3) is 5.91 Å². The van der Waals surface area contributed by atoms with E-state index in [1.54, 1.807) is 12.1 Å². The molecule has 3 rings (SSSR count). The monoisotopic (exact) mass is 261 g/mol. The van der Waals surface area contributed by atoms with Crippen LogP contribution in [0.4, 0.5) is 5.82 Å². The quantitative estimate of drug-likeness (QED) is 0.832. The lowest BCUT2D eigenvalue weighted by molar-refractivity contribution is 0.0987. The molecule has 0 saturated carbocycles. The van der Waals surface area contributed by atoms with Gasteiger partial charge in [0.05, 0.1) is 5.02 Å². The van der Waals surface area contributed by atoms with Gasteiger partial charge in [0.1, 0.15) is 17.7 Å². The number of nitrogens with zero attached hydrogens (tertiary/aromatic N) is 4. The number of fused-ring (bicyclic) bond motifs is 1. The van der Waals surface area contributed by atoms with Gasteiger partial charge in [-0.2, -0.15) is 0 Å². The summed E-state index contributed by atoms with van der Waals surface area (Å²) in [5, 5.41) is 0.493. The van der Waals surface area contributed by atoms with E-state index >= 15 is 0 Å². The van der Waals surface area contributed by atoms with Crippen molar-refractivity contribution >= 4 is 23.3 Å². The van der Waals surface area contributed by atoms with Crippen LogP contribution in [0.2, 0.25) is 5.02 Å². The van der Waals surface area contributed by atoms with Gasteiger partial charge in [-0.15, -0.1) is 0 Å². The smallest absolute Gasteiger partial charge is 0.281 e. The number of anilines is 1. The van der Waals surface area contributed by atoms with Crippen LogP contribution in [0.15, 0.2) is 30.7 Å². The van der Waals surface area contributed by atoms with Gasteiger partial charge < -0.3 is 5.73 Å². The van der Waals surface area contributed by atoms with Gasteiger partial charge in [0.15, 0.2) is 5.69 Å². The van der Waals surface area contributed by atoms with E-state index in [1.807, 2.05) is 0 Å². The molecule has 6 nitrogen and oxygen atoms in total. The molecule has 18 heavy (non-hydrogen) atoms. The molecule has 2 aromatic rings. The summed E-state index contributed by atoms with van der Waals surface area (Å²) < 4.78 is 0. The van der Waals surface area contributed by atoms with Crippen molar-refractivity contribution in [2.24, 2.45) is 5.73 Å². The third-order valence-electron chi connectivity index (χ3n) is 2.66. The molecule has 0 saturated heterocycles. The van der Waals surface area contributed by atoms with Crippen LogP contribution in [0, 0.1) is 0 Å². The molecule has 0 aromatic carbocycles. The van der Waals surface area contributed by atoms with Gasteiger partial charge in [-0.05, 0) is 12.1 Å². The Labute approximate surface area is 107 Å². The molecule has 0 fully saturated rings. The van der Waals surface area contributed by atoms with Gasteiger partial charge in [0.2, 0.25) is 0 Å². The topological polar surface area (TPSA) is 85.0 Å². The Balaban J connectivity index is 2.06. The second-order valence-corrected chi connectivity index (χ2v) is 4.18. The van der Waals surface area contributed by atoms with Crippen LogP contribution in [0.5, 0.6) is 0 Å². The summed E-state index contributed by atoms with van der Waals surface area (Å²) in [4.78, 5) is 25.7. The molecule has 0 bridgehead atoms. The number of rotatable bonds is 1. The lowest BCUT2D eigenvalue weighted by Crippen LogP contribution is -2.33. The van der Waals surface area contributed by atoms with E-state index in [9.17, 15) is 4.79 Å². The normalized spacial score (nSPS) is 18.0. The Morgan fingerprint density at radius 1 is 1.22 bits per heavy atom. The number of pyridine rings is 1. The van der Waals surface area contributed by atoms with Crippen LogP contribution in [0.3, 0.4) is 0 Å². The molecule has 1 atom stereocenters. The SMILES string of the molecule is NC1c2nccnc2C(=O)N1c1ccc(Cl)cn1. The van der Waals surface area contributed by atoms with E-state index < -0.39 is 6.17 Å². The van der Waals surface area contributed by atoms with Crippen LogP contribution >= 0.6 is 11.6 Å². The molecule has 0 spiro atoms. The summed E-state index contributed by atoms with van der Waals surface area (Å²) in [5.41, 5.74) is 6.70. The van der Waals surface area contributed by atoms with Crippen molar-refractivity contribution in [2.45, 2.75) is 6.17 Å². The van der Waals surface area contributed by atoms with Gasteiger partial charge in [-0.25, -0.2) is 9.97 Å². The Bertz CT molecular complexity index is 615. The first-order chi connectivity index (χ1) is 8.68. The van der Waals surface area contributed by atoms with Crippen molar-refractivity contribution < 1.29 is 4.79 Å². The highest BCUT2D eigenvalue weighted by Crippen LogP contribution is 2.30. The zero-order valence-corrected chi connectivity index (χ0v) is 9.87. The van der Waals surface area contributed by atoms with Crippen LogP contribution in [0.25, 0.3) is 0 Å². The second kappa shape index (κ2) is 4.01. The Morgan fingerprint density at radius 2 is 2.00 bits per heavy atom. The first-order valence-electron chi connectivity index (χ1n) is 5.20. The number of nitrogens with two attached hydrogens (primary N) is 1. The van der Waals surface area contributed by atoms with Gasteiger partial charge in [0, 0.05) is 18.6 Å². The number of aromatic nitrogens is 3. The van der Waals surface area contributed by atoms with Gasteiger partial charge in [-0.3, -0.25) is 14.7 Å². The average molecular weight is 262 g/mol. The number of carbonyl (C=O) groups excluding carboxylic acids is 1. The standard InChI is InChI=1S/C11H8ClN5O/c12-6-1-2-7(16-5-6)17-10(13)8-9(11(17)18)15-4-3-14-8/h1-5,10H,13H2. The average Bonchev–Trinajstić information content (AvgIpc) is 2.64. The maximum Gasteiger partial charge on any atom is 0.281 e. The van der Waals surface area contributed by atoms with E-state index in [2.05, 4.69) is 15.0 Å². The fourth-order valence-corrected chi connectivity index (χ4v) is 1.96. The summed E-state index contributed by atoms with van der Waals surface area (Å²) in [6, 6.07) is 3.28. The maximum atomic E-state index is 12.2. The molecule has 90 valence electrons. The number of carbonyl (C=O) groups is 1. The van der Waals surface area contributed by atoms with Crippen LogP contribution in [0.1, 0.15) is 22.3 Å². The van der Waals surface area contributed by atoms with Crippen molar-refractivity contribution in [2.75, 3.05) is 4.90 Å². The van der Waals surface area contributed by atoms with Crippen LogP contribution in [-0.2, 0) is 0 Å². The summed E-state index contributed by atoms with van der Waals surface area (Å²) in [6.45, 7) is 0. The van der Waals surface area contributed by atoms with Crippen molar-refractivity contribution in [3.05, 3.63) is 47.1 Å². The zero-order valence-electron chi connectivity index (χ0n) is 9.12. The number of hydrogen-bond donors (Lipinski definition) is 1. The van der Waals surface area contributed by atoms with E-state index in [-0.39, 0.29) is 11.6 Å². The maximum absolute atomic E-state index is 12.2. The van der Waals surface area contributed by atoms with E-state index in [1.165, 1.54) is 23.5 Å². The fraction of sp³-hybridized carbons (Fsp3) is 0.0909. The fourth-order valence-electron chi connectivity index (χ4n) is 1.85. The van der Waals surface area contributed by atoms with Gasteiger partial charge >= 0.3 is 0 Å². The molecule has 1 amide bonds. The van der Waals surface area contributed by atoms with Crippen molar-refractivity contribution in [1.82, 2.24) is 15.0 Å². The van der Waals surface area contributed by atoms with Crippen LogP contribution in [-0.4, -0.2) is 20.9 Å². The molecule has 1 aliphatic heterocycles. The first kappa shape index (κ1) is 11.1. The minimum Gasteiger partial charge on any atom is -0.306 e. The molecular formula is C11H8ClN5O. The Hall–Kier alpha value is -2.05. The van der Waals surface area contributed by atoms with Crippen molar-refractivity contribution in [3.63, 3.8) is 0 Å². The number of hydrogen-bond acceptors (Lipinski definition) is 5. The number of amides is 1. The molecule has 0 radical (unpaired) electrons. The summed E-state index contributed by atoms with van der Waals surface area (Å²) in [7, 11) is 0. The summed E-state index contributed by atoms with van der Waals surface area (Å²) in [5.74, 6) is 0.122. The van der Waals surface area contributed by atoms with Crippen LogP contribution < -0.4 is 10.6 Å². The molecular weight excluding hydrogens is 254 g/mol. The Morgan fingerprint density at radius 3 is 2.67 bits per heavy atom. The lowest BCUT2D eigenvalue weighted by Gasteiger charge is -2.19. The Kier molecular flexibility index (Phi) is 2.46. The molecule has 3 heterocycles. The number of halogens is 1.